The maximum Gasteiger partial charge on any atom is 0.122 e. The van der Waals surface area contributed by atoms with Gasteiger partial charge in [-0.2, -0.15) is 0 Å². The molecule has 1 aliphatic rings. The molecule has 0 saturated carbocycles. The van der Waals surface area contributed by atoms with Crippen molar-refractivity contribution in [3.8, 4) is 5.75 Å². The van der Waals surface area contributed by atoms with Crippen molar-refractivity contribution in [3.63, 3.8) is 0 Å². The highest BCUT2D eigenvalue weighted by atomic mass is 16.5. The Hall–Kier alpha value is -1.06. The molecule has 1 N–H and O–H groups in total. The Balaban J connectivity index is 2.32. The van der Waals surface area contributed by atoms with Crippen LogP contribution in [0.15, 0.2) is 18.2 Å². The van der Waals surface area contributed by atoms with Gasteiger partial charge in [-0.3, -0.25) is 0 Å². The van der Waals surface area contributed by atoms with E-state index in [-0.39, 0.29) is 0 Å². The van der Waals surface area contributed by atoms with Crippen LogP contribution < -0.4 is 10.1 Å². The Kier molecular flexibility index (Phi) is 4.40. The topological polar surface area (TPSA) is 30.5 Å². The molecular weight excluding hydrogens is 214 g/mol. The maximum absolute atomic E-state index is 5.50. The average Bonchev–Trinajstić information content (AvgIpc) is 2.40. The zero-order chi connectivity index (χ0) is 12.1. The van der Waals surface area contributed by atoms with Crippen molar-refractivity contribution in [3.05, 3.63) is 29.3 Å². The van der Waals surface area contributed by atoms with E-state index in [1.165, 1.54) is 24.0 Å². The van der Waals surface area contributed by atoms with Gasteiger partial charge in [0.2, 0.25) is 0 Å². The van der Waals surface area contributed by atoms with Crippen molar-refractivity contribution in [2.24, 2.45) is 0 Å². The normalized spacial score (nSPS) is 20.2. The molecule has 0 radical (unpaired) electrons. The van der Waals surface area contributed by atoms with Crippen LogP contribution in [0.5, 0.6) is 5.75 Å². The highest BCUT2D eigenvalue weighted by Crippen LogP contribution is 2.34. The number of benzene rings is 1. The number of nitrogens with one attached hydrogen (secondary N) is 1. The summed E-state index contributed by atoms with van der Waals surface area (Å²) in [7, 11) is 3.48. The van der Waals surface area contributed by atoms with Crippen LogP contribution in [-0.2, 0) is 11.3 Å². The van der Waals surface area contributed by atoms with Gasteiger partial charge in [-0.25, -0.2) is 0 Å². The average molecular weight is 235 g/mol. The molecule has 1 aliphatic heterocycles. The molecule has 3 heteroatoms. The quantitative estimate of drug-likeness (QED) is 0.868. The maximum atomic E-state index is 5.50. The lowest BCUT2D eigenvalue weighted by molar-refractivity contribution is 0.183. The molecule has 1 aromatic carbocycles. The fraction of sp³-hybridized carbons (Fsp3) is 0.571. The van der Waals surface area contributed by atoms with E-state index in [2.05, 4.69) is 11.4 Å². The molecule has 0 aromatic heterocycles. The second kappa shape index (κ2) is 6.03. The minimum absolute atomic E-state index is 0.546. The molecule has 1 saturated heterocycles. The summed E-state index contributed by atoms with van der Waals surface area (Å²) in [6.07, 6.45) is 2.46. The SMILES string of the molecule is COCc1cccc(OC)c1C1CCCNC1. The summed E-state index contributed by atoms with van der Waals surface area (Å²) in [4.78, 5) is 0. The number of ether oxygens (including phenoxy) is 2. The Morgan fingerprint density at radius 3 is 2.88 bits per heavy atom. The van der Waals surface area contributed by atoms with Crippen LogP contribution in [0.2, 0.25) is 0 Å². The van der Waals surface area contributed by atoms with Crippen molar-refractivity contribution in [2.45, 2.75) is 25.4 Å². The molecule has 94 valence electrons. The van der Waals surface area contributed by atoms with Gasteiger partial charge >= 0.3 is 0 Å². The number of rotatable bonds is 4. The van der Waals surface area contributed by atoms with Crippen LogP contribution in [0.3, 0.4) is 0 Å². The smallest absolute Gasteiger partial charge is 0.122 e. The predicted octanol–water partition coefficient (Wildman–Crippen LogP) is 2.31. The van der Waals surface area contributed by atoms with Gasteiger partial charge in [0.1, 0.15) is 5.75 Å². The third-order valence-electron chi connectivity index (χ3n) is 3.38. The lowest BCUT2D eigenvalue weighted by Crippen LogP contribution is -2.29. The van der Waals surface area contributed by atoms with Crippen LogP contribution >= 0.6 is 0 Å². The first-order valence-electron chi connectivity index (χ1n) is 6.22. The van der Waals surface area contributed by atoms with Crippen LogP contribution in [0, 0.1) is 0 Å². The number of piperidine rings is 1. The zero-order valence-electron chi connectivity index (χ0n) is 10.7. The van der Waals surface area contributed by atoms with E-state index in [9.17, 15) is 0 Å². The Labute approximate surface area is 103 Å². The molecule has 0 bridgehead atoms. The number of hydrogen-bond acceptors (Lipinski definition) is 3. The summed E-state index contributed by atoms with van der Waals surface area (Å²) in [6, 6.07) is 6.21. The Morgan fingerprint density at radius 2 is 2.24 bits per heavy atom. The molecule has 0 amide bonds. The van der Waals surface area contributed by atoms with E-state index in [1.54, 1.807) is 14.2 Å². The summed E-state index contributed by atoms with van der Waals surface area (Å²) >= 11 is 0. The van der Waals surface area contributed by atoms with Crippen molar-refractivity contribution < 1.29 is 9.47 Å². The molecular formula is C14H21NO2. The fourth-order valence-corrected chi connectivity index (χ4v) is 2.61. The lowest BCUT2D eigenvalue weighted by Gasteiger charge is -2.26. The van der Waals surface area contributed by atoms with Gasteiger partial charge in [0, 0.05) is 25.1 Å². The second-order valence-corrected chi connectivity index (χ2v) is 4.51. The van der Waals surface area contributed by atoms with Gasteiger partial charge in [0.05, 0.1) is 13.7 Å². The Morgan fingerprint density at radius 1 is 1.35 bits per heavy atom. The zero-order valence-corrected chi connectivity index (χ0v) is 10.7. The van der Waals surface area contributed by atoms with E-state index in [1.807, 2.05) is 12.1 Å². The largest absolute Gasteiger partial charge is 0.496 e. The predicted molar refractivity (Wildman–Crippen MR) is 68.6 cm³/mol. The second-order valence-electron chi connectivity index (χ2n) is 4.51. The molecule has 17 heavy (non-hydrogen) atoms. The summed E-state index contributed by atoms with van der Waals surface area (Å²) in [6.45, 7) is 2.82. The molecule has 2 rings (SSSR count). The third kappa shape index (κ3) is 2.79. The molecule has 1 fully saturated rings. The van der Waals surface area contributed by atoms with Gasteiger partial charge in [-0.1, -0.05) is 12.1 Å². The molecule has 0 aliphatic carbocycles. The van der Waals surface area contributed by atoms with Crippen LogP contribution in [0.1, 0.15) is 29.9 Å². The lowest BCUT2D eigenvalue weighted by atomic mass is 9.88. The summed E-state index contributed by atoms with van der Waals surface area (Å²) in [5.41, 5.74) is 2.57. The van der Waals surface area contributed by atoms with E-state index in [0.29, 0.717) is 12.5 Å². The molecule has 1 unspecified atom stereocenters. The minimum Gasteiger partial charge on any atom is -0.496 e. The first-order valence-corrected chi connectivity index (χ1v) is 6.22. The van der Waals surface area contributed by atoms with Gasteiger partial charge in [0.25, 0.3) is 0 Å². The Bertz CT molecular complexity index is 359. The summed E-state index contributed by atoms with van der Waals surface area (Å²) in [5, 5.41) is 3.46. The van der Waals surface area contributed by atoms with E-state index in [0.717, 1.165) is 18.8 Å². The standard InChI is InChI=1S/C14H21NO2/c1-16-10-12-5-3-7-13(17-2)14(12)11-6-4-8-15-9-11/h3,5,7,11,15H,4,6,8-10H2,1-2H3. The van der Waals surface area contributed by atoms with E-state index >= 15 is 0 Å². The van der Waals surface area contributed by atoms with Crippen molar-refractivity contribution in [1.82, 2.24) is 5.32 Å². The molecule has 1 atom stereocenters. The summed E-state index contributed by atoms with van der Waals surface area (Å²) in [5.74, 6) is 1.54. The molecule has 1 heterocycles. The first kappa shape index (κ1) is 12.4. The van der Waals surface area contributed by atoms with Gasteiger partial charge in [0.15, 0.2) is 0 Å². The summed E-state index contributed by atoms with van der Waals surface area (Å²) < 4.78 is 10.8. The van der Waals surface area contributed by atoms with Gasteiger partial charge in [-0.05, 0) is 31.0 Å². The fourth-order valence-electron chi connectivity index (χ4n) is 2.61. The van der Waals surface area contributed by atoms with Crippen LogP contribution in [-0.4, -0.2) is 27.3 Å². The number of methoxy groups -OCH3 is 2. The van der Waals surface area contributed by atoms with Gasteiger partial charge in [-0.15, -0.1) is 0 Å². The van der Waals surface area contributed by atoms with Crippen molar-refractivity contribution in [2.75, 3.05) is 27.3 Å². The molecule has 3 nitrogen and oxygen atoms in total. The van der Waals surface area contributed by atoms with Crippen molar-refractivity contribution in [1.29, 1.82) is 0 Å². The van der Waals surface area contributed by atoms with Crippen LogP contribution in [0.4, 0.5) is 0 Å². The van der Waals surface area contributed by atoms with Crippen LogP contribution in [0.25, 0.3) is 0 Å². The molecule has 1 aromatic rings. The highest BCUT2D eigenvalue weighted by Gasteiger charge is 2.21. The third-order valence-corrected chi connectivity index (χ3v) is 3.38. The molecule has 0 spiro atoms. The highest BCUT2D eigenvalue weighted by molar-refractivity contribution is 5.43. The minimum atomic E-state index is 0.546. The van der Waals surface area contributed by atoms with E-state index < -0.39 is 0 Å². The monoisotopic (exact) mass is 235 g/mol. The number of hydrogen-bond donors (Lipinski definition) is 1. The van der Waals surface area contributed by atoms with Gasteiger partial charge < -0.3 is 14.8 Å². The van der Waals surface area contributed by atoms with Crippen molar-refractivity contribution >= 4 is 0 Å². The first-order chi connectivity index (χ1) is 8.36. The van der Waals surface area contributed by atoms with E-state index in [4.69, 9.17) is 9.47 Å².